The fourth-order valence-electron chi connectivity index (χ4n) is 1.95. The molecule has 2 aromatic rings. The van der Waals surface area contributed by atoms with E-state index in [1.54, 1.807) is 9.36 Å². The quantitative estimate of drug-likeness (QED) is 0.813. The minimum Gasteiger partial charge on any atom is -0.389 e. The largest absolute Gasteiger partial charge is 0.389 e. The van der Waals surface area contributed by atoms with Gasteiger partial charge in [-0.1, -0.05) is 12.2 Å². The zero-order valence-electron chi connectivity index (χ0n) is 10.9. The number of hydrogen-bond donors (Lipinski definition) is 2. The molecule has 0 aliphatic carbocycles. The van der Waals surface area contributed by atoms with Gasteiger partial charge in [0.25, 0.3) is 0 Å². The second-order valence-corrected chi connectivity index (χ2v) is 4.66. The van der Waals surface area contributed by atoms with Crippen molar-refractivity contribution in [2.24, 2.45) is 19.8 Å². The molecular formula is C11H16N6S. The summed E-state index contributed by atoms with van der Waals surface area (Å²) in [5.41, 5.74) is 8.26. The van der Waals surface area contributed by atoms with E-state index in [9.17, 15) is 0 Å². The lowest BCUT2D eigenvalue weighted by molar-refractivity contribution is 0.747. The van der Waals surface area contributed by atoms with E-state index < -0.39 is 0 Å². The van der Waals surface area contributed by atoms with Crippen LogP contribution in [0.25, 0.3) is 0 Å². The summed E-state index contributed by atoms with van der Waals surface area (Å²) in [4.78, 5) is 0.335. The number of hydrogen-bond acceptors (Lipinski definition) is 4. The molecule has 3 N–H and O–H groups in total. The molecule has 96 valence electrons. The highest BCUT2D eigenvalue weighted by Crippen LogP contribution is 2.23. The van der Waals surface area contributed by atoms with Crippen LogP contribution < -0.4 is 11.1 Å². The lowest BCUT2D eigenvalue weighted by Gasteiger charge is -2.08. The van der Waals surface area contributed by atoms with E-state index in [-0.39, 0.29) is 0 Å². The van der Waals surface area contributed by atoms with Crippen molar-refractivity contribution in [1.82, 2.24) is 19.6 Å². The number of anilines is 2. The van der Waals surface area contributed by atoms with Crippen molar-refractivity contribution in [3.63, 3.8) is 0 Å². The molecular weight excluding hydrogens is 248 g/mol. The molecule has 0 fully saturated rings. The van der Waals surface area contributed by atoms with Gasteiger partial charge in [0.1, 0.15) is 16.6 Å². The predicted molar refractivity (Wildman–Crippen MR) is 75.1 cm³/mol. The highest BCUT2D eigenvalue weighted by molar-refractivity contribution is 7.80. The van der Waals surface area contributed by atoms with Gasteiger partial charge in [0, 0.05) is 20.2 Å². The Kier molecular flexibility index (Phi) is 3.08. The van der Waals surface area contributed by atoms with Gasteiger partial charge in [-0.15, -0.1) is 0 Å². The van der Waals surface area contributed by atoms with Gasteiger partial charge in [0.05, 0.1) is 17.0 Å². The van der Waals surface area contributed by atoms with Crippen LogP contribution in [0.3, 0.4) is 0 Å². The number of nitrogens with two attached hydrogens (primary N) is 1. The number of nitrogens with one attached hydrogen (secondary N) is 1. The first-order chi connectivity index (χ1) is 8.40. The van der Waals surface area contributed by atoms with Crippen LogP contribution in [0, 0.1) is 13.8 Å². The highest BCUT2D eigenvalue weighted by atomic mass is 32.1. The first-order valence-electron chi connectivity index (χ1n) is 5.51. The SMILES string of the molecule is Cc1cc(Nc2c(C(N)=S)c(C)nn2C)n(C)n1. The molecule has 0 atom stereocenters. The zero-order chi connectivity index (χ0) is 13.4. The van der Waals surface area contributed by atoms with E-state index in [0.29, 0.717) is 4.99 Å². The van der Waals surface area contributed by atoms with Crippen LogP contribution in [-0.4, -0.2) is 24.5 Å². The molecule has 2 heterocycles. The Morgan fingerprint density at radius 3 is 2.44 bits per heavy atom. The summed E-state index contributed by atoms with van der Waals surface area (Å²) in [6.45, 7) is 3.82. The molecule has 7 heteroatoms. The second kappa shape index (κ2) is 4.41. The van der Waals surface area contributed by atoms with Gasteiger partial charge in [-0.3, -0.25) is 9.36 Å². The molecule has 0 amide bonds. The normalized spacial score (nSPS) is 10.7. The maximum Gasteiger partial charge on any atom is 0.140 e. The van der Waals surface area contributed by atoms with E-state index >= 15 is 0 Å². The van der Waals surface area contributed by atoms with Crippen LogP contribution >= 0.6 is 12.2 Å². The fraction of sp³-hybridized carbons (Fsp3) is 0.364. The van der Waals surface area contributed by atoms with Gasteiger partial charge in [-0.25, -0.2) is 0 Å². The van der Waals surface area contributed by atoms with Gasteiger partial charge in [-0.05, 0) is 13.8 Å². The summed E-state index contributed by atoms with van der Waals surface area (Å²) in [6.07, 6.45) is 0. The van der Waals surface area contributed by atoms with E-state index in [1.807, 2.05) is 34.0 Å². The monoisotopic (exact) mass is 264 g/mol. The Hall–Kier alpha value is -1.89. The summed E-state index contributed by atoms with van der Waals surface area (Å²) >= 11 is 5.07. The van der Waals surface area contributed by atoms with Crippen LogP contribution in [0.15, 0.2) is 6.07 Å². The molecule has 0 saturated heterocycles. The van der Waals surface area contributed by atoms with Crippen molar-refractivity contribution in [2.45, 2.75) is 13.8 Å². The molecule has 0 spiro atoms. The molecule has 0 bridgehead atoms. The van der Waals surface area contributed by atoms with Gasteiger partial charge < -0.3 is 11.1 Å². The average Bonchev–Trinajstić information content (AvgIpc) is 2.68. The Morgan fingerprint density at radius 1 is 1.28 bits per heavy atom. The number of aryl methyl sites for hydroxylation is 4. The van der Waals surface area contributed by atoms with E-state index in [4.69, 9.17) is 18.0 Å². The van der Waals surface area contributed by atoms with Crippen LogP contribution in [0.2, 0.25) is 0 Å². The molecule has 6 nitrogen and oxygen atoms in total. The predicted octanol–water partition coefficient (Wildman–Crippen LogP) is 1.15. The molecule has 0 aliphatic rings. The molecule has 18 heavy (non-hydrogen) atoms. The Balaban J connectivity index is 2.46. The van der Waals surface area contributed by atoms with Crippen molar-refractivity contribution in [2.75, 3.05) is 5.32 Å². The first kappa shape index (κ1) is 12.6. The standard InChI is InChI=1S/C11H16N6S/c1-6-5-8(16(3)14-6)13-11-9(10(12)18)7(2)15-17(11)4/h5,13H,1-4H3,(H2,12,18). The topological polar surface area (TPSA) is 73.7 Å². The summed E-state index contributed by atoms with van der Waals surface area (Å²) < 4.78 is 3.49. The maximum absolute atomic E-state index is 5.74. The van der Waals surface area contributed by atoms with Crippen molar-refractivity contribution < 1.29 is 0 Å². The first-order valence-corrected chi connectivity index (χ1v) is 5.92. The third-order valence-corrected chi connectivity index (χ3v) is 2.92. The summed E-state index contributed by atoms with van der Waals surface area (Å²) in [7, 11) is 3.72. The molecule has 0 saturated carbocycles. The number of aromatic nitrogens is 4. The lowest BCUT2D eigenvalue weighted by Crippen LogP contribution is -2.13. The van der Waals surface area contributed by atoms with Gasteiger partial charge in [0.15, 0.2) is 0 Å². The maximum atomic E-state index is 5.74. The molecule has 2 aromatic heterocycles. The summed E-state index contributed by atoms with van der Waals surface area (Å²) in [5.74, 6) is 1.65. The highest BCUT2D eigenvalue weighted by Gasteiger charge is 2.16. The molecule has 2 rings (SSSR count). The van der Waals surface area contributed by atoms with Crippen LogP contribution in [-0.2, 0) is 14.1 Å². The van der Waals surface area contributed by atoms with Crippen molar-refractivity contribution in [3.05, 3.63) is 23.0 Å². The third kappa shape index (κ3) is 2.08. The smallest absolute Gasteiger partial charge is 0.140 e. The fourth-order valence-corrected chi connectivity index (χ4v) is 2.19. The van der Waals surface area contributed by atoms with Crippen LogP contribution in [0.1, 0.15) is 17.0 Å². The van der Waals surface area contributed by atoms with Gasteiger partial charge in [-0.2, -0.15) is 10.2 Å². The van der Waals surface area contributed by atoms with Crippen molar-refractivity contribution in [1.29, 1.82) is 0 Å². The molecule has 0 radical (unpaired) electrons. The molecule has 0 aromatic carbocycles. The van der Waals surface area contributed by atoms with Crippen molar-refractivity contribution in [3.8, 4) is 0 Å². The average molecular weight is 264 g/mol. The van der Waals surface area contributed by atoms with E-state index in [2.05, 4.69) is 15.5 Å². The number of rotatable bonds is 3. The molecule has 0 unspecified atom stereocenters. The van der Waals surface area contributed by atoms with Crippen molar-refractivity contribution >= 4 is 28.8 Å². The Morgan fingerprint density at radius 2 is 1.94 bits per heavy atom. The lowest BCUT2D eigenvalue weighted by atomic mass is 10.2. The minimum atomic E-state index is 0.335. The van der Waals surface area contributed by atoms with E-state index in [0.717, 1.165) is 28.6 Å². The number of thiocarbonyl (C=S) groups is 1. The van der Waals surface area contributed by atoms with E-state index in [1.165, 1.54) is 0 Å². The second-order valence-electron chi connectivity index (χ2n) is 4.22. The Labute approximate surface area is 111 Å². The zero-order valence-corrected chi connectivity index (χ0v) is 11.7. The van der Waals surface area contributed by atoms with Gasteiger partial charge >= 0.3 is 0 Å². The van der Waals surface area contributed by atoms with Crippen LogP contribution in [0.5, 0.6) is 0 Å². The summed E-state index contributed by atoms with van der Waals surface area (Å²) in [6, 6.07) is 1.95. The van der Waals surface area contributed by atoms with Gasteiger partial charge in [0.2, 0.25) is 0 Å². The third-order valence-electron chi connectivity index (χ3n) is 2.72. The molecule has 0 aliphatic heterocycles. The van der Waals surface area contributed by atoms with Crippen LogP contribution in [0.4, 0.5) is 11.6 Å². The Bertz CT molecular complexity index is 609. The summed E-state index contributed by atoms with van der Waals surface area (Å²) in [5, 5.41) is 11.9. The minimum absolute atomic E-state index is 0.335. The number of nitrogens with zero attached hydrogens (tertiary/aromatic N) is 4.